The summed E-state index contributed by atoms with van der Waals surface area (Å²) in [6.45, 7) is 4.90. The largest absolute Gasteiger partial charge is 0.486 e. The standard InChI is InChI=1S/C14H21N3O2/c15-5-4-11-10-16-6-7-17(11)12-2-1-3-13-14(12)19-9-8-18-13/h1-3,11,16H,4-10,15H2. The summed E-state index contributed by atoms with van der Waals surface area (Å²) < 4.78 is 11.5. The van der Waals surface area contributed by atoms with Crippen LogP contribution in [0, 0.1) is 0 Å². The predicted molar refractivity (Wildman–Crippen MR) is 75.1 cm³/mol. The molecular formula is C14H21N3O2. The molecule has 104 valence electrons. The number of nitrogens with zero attached hydrogens (tertiary/aromatic N) is 1. The van der Waals surface area contributed by atoms with Gasteiger partial charge in [0.1, 0.15) is 13.2 Å². The number of benzene rings is 1. The van der Waals surface area contributed by atoms with Crippen molar-refractivity contribution in [2.75, 3.05) is 44.3 Å². The fourth-order valence-electron chi connectivity index (χ4n) is 2.81. The number of para-hydroxylation sites is 1. The number of anilines is 1. The minimum atomic E-state index is 0.427. The maximum atomic E-state index is 5.82. The summed E-state index contributed by atoms with van der Waals surface area (Å²) in [4.78, 5) is 2.40. The molecule has 1 aromatic carbocycles. The summed E-state index contributed by atoms with van der Waals surface area (Å²) >= 11 is 0. The molecule has 1 atom stereocenters. The van der Waals surface area contributed by atoms with Crippen LogP contribution in [0.25, 0.3) is 0 Å². The maximum Gasteiger partial charge on any atom is 0.184 e. The molecule has 0 aromatic heterocycles. The fourth-order valence-corrected chi connectivity index (χ4v) is 2.81. The number of nitrogens with two attached hydrogens (primary N) is 1. The van der Waals surface area contributed by atoms with Crippen molar-refractivity contribution in [2.45, 2.75) is 12.5 Å². The lowest BCUT2D eigenvalue weighted by atomic mass is 10.1. The van der Waals surface area contributed by atoms with Crippen LogP contribution in [0.5, 0.6) is 11.5 Å². The van der Waals surface area contributed by atoms with Gasteiger partial charge in [0.15, 0.2) is 11.5 Å². The second-order valence-corrected chi connectivity index (χ2v) is 4.93. The van der Waals surface area contributed by atoms with Crippen LogP contribution in [0.3, 0.4) is 0 Å². The lowest BCUT2D eigenvalue weighted by molar-refractivity contribution is 0.171. The van der Waals surface area contributed by atoms with E-state index in [1.165, 1.54) is 0 Å². The molecule has 0 saturated carbocycles. The topological polar surface area (TPSA) is 59.8 Å². The Kier molecular flexibility index (Phi) is 3.75. The lowest BCUT2D eigenvalue weighted by Gasteiger charge is -2.39. The zero-order chi connectivity index (χ0) is 13.1. The highest BCUT2D eigenvalue weighted by Gasteiger charge is 2.26. The van der Waals surface area contributed by atoms with Crippen molar-refractivity contribution in [1.29, 1.82) is 0 Å². The van der Waals surface area contributed by atoms with Crippen molar-refractivity contribution < 1.29 is 9.47 Å². The van der Waals surface area contributed by atoms with Gasteiger partial charge in [-0.1, -0.05) is 6.07 Å². The van der Waals surface area contributed by atoms with Crippen LogP contribution in [0.2, 0.25) is 0 Å². The number of rotatable bonds is 3. The van der Waals surface area contributed by atoms with Crippen LogP contribution >= 0.6 is 0 Å². The lowest BCUT2D eigenvalue weighted by Crippen LogP contribution is -2.52. The van der Waals surface area contributed by atoms with Gasteiger partial charge in [0.05, 0.1) is 5.69 Å². The average Bonchev–Trinajstić information content (AvgIpc) is 2.48. The number of piperazine rings is 1. The highest BCUT2D eigenvalue weighted by Crippen LogP contribution is 2.40. The second kappa shape index (κ2) is 5.67. The van der Waals surface area contributed by atoms with Crippen molar-refractivity contribution in [1.82, 2.24) is 5.32 Å². The summed E-state index contributed by atoms with van der Waals surface area (Å²) in [5, 5.41) is 3.43. The molecule has 0 spiro atoms. The fraction of sp³-hybridized carbons (Fsp3) is 0.571. The van der Waals surface area contributed by atoms with Gasteiger partial charge < -0.3 is 25.4 Å². The Morgan fingerprint density at radius 2 is 2.21 bits per heavy atom. The van der Waals surface area contributed by atoms with Crippen molar-refractivity contribution >= 4 is 5.69 Å². The minimum Gasteiger partial charge on any atom is -0.486 e. The molecule has 1 saturated heterocycles. The van der Waals surface area contributed by atoms with E-state index in [4.69, 9.17) is 15.2 Å². The first-order valence-electron chi connectivity index (χ1n) is 6.96. The van der Waals surface area contributed by atoms with E-state index in [9.17, 15) is 0 Å². The van der Waals surface area contributed by atoms with E-state index in [1.807, 2.05) is 12.1 Å². The molecule has 1 unspecified atom stereocenters. The number of nitrogens with one attached hydrogen (secondary N) is 1. The summed E-state index contributed by atoms with van der Waals surface area (Å²) in [6.07, 6.45) is 0.984. The summed E-state index contributed by atoms with van der Waals surface area (Å²) in [5.74, 6) is 1.74. The molecule has 5 heteroatoms. The van der Waals surface area contributed by atoms with Crippen molar-refractivity contribution in [2.24, 2.45) is 5.73 Å². The van der Waals surface area contributed by atoms with Crippen molar-refractivity contribution in [3.8, 4) is 11.5 Å². The van der Waals surface area contributed by atoms with Gasteiger partial charge in [0.25, 0.3) is 0 Å². The Morgan fingerprint density at radius 3 is 3.11 bits per heavy atom. The summed E-state index contributed by atoms with van der Waals surface area (Å²) in [5.41, 5.74) is 6.86. The third-order valence-electron chi connectivity index (χ3n) is 3.70. The van der Waals surface area contributed by atoms with Gasteiger partial charge in [-0.25, -0.2) is 0 Å². The van der Waals surface area contributed by atoms with E-state index in [-0.39, 0.29) is 0 Å². The summed E-state index contributed by atoms with van der Waals surface area (Å²) in [7, 11) is 0. The van der Waals surface area contributed by atoms with Crippen LogP contribution in [-0.2, 0) is 0 Å². The number of hydrogen-bond donors (Lipinski definition) is 2. The van der Waals surface area contributed by atoms with Crippen LogP contribution in [0.4, 0.5) is 5.69 Å². The van der Waals surface area contributed by atoms with Crippen molar-refractivity contribution in [3.63, 3.8) is 0 Å². The molecule has 0 radical (unpaired) electrons. The van der Waals surface area contributed by atoms with Crippen LogP contribution < -0.4 is 25.4 Å². The van der Waals surface area contributed by atoms with Crippen LogP contribution in [0.15, 0.2) is 18.2 Å². The molecule has 2 aliphatic heterocycles. The highest BCUT2D eigenvalue weighted by molar-refractivity contribution is 5.66. The van der Waals surface area contributed by atoms with Gasteiger partial charge in [0.2, 0.25) is 0 Å². The predicted octanol–water partition coefficient (Wildman–Crippen LogP) is 0.585. The Bertz CT molecular complexity index is 437. The van der Waals surface area contributed by atoms with Gasteiger partial charge in [-0.2, -0.15) is 0 Å². The third-order valence-corrected chi connectivity index (χ3v) is 3.70. The zero-order valence-corrected chi connectivity index (χ0v) is 11.1. The quantitative estimate of drug-likeness (QED) is 0.835. The summed E-state index contributed by atoms with van der Waals surface area (Å²) in [6, 6.07) is 6.54. The number of ether oxygens (including phenoxy) is 2. The molecule has 2 heterocycles. The van der Waals surface area contributed by atoms with Gasteiger partial charge in [0, 0.05) is 25.7 Å². The molecule has 3 N–H and O–H groups in total. The molecule has 0 aliphatic carbocycles. The second-order valence-electron chi connectivity index (χ2n) is 4.93. The Morgan fingerprint density at radius 1 is 1.32 bits per heavy atom. The van der Waals surface area contributed by atoms with E-state index >= 15 is 0 Å². The van der Waals surface area contributed by atoms with E-state index in [0.717, 1.165) is 43.2 Å². The van der Waals surface area contributed by atoms with E-state index in [0.29, 0.717) is 25.8 Å². The zero-order valence-electron chi connectivity index (χ0n) is 11.1. The molecule has 1 aromatic rings. The highest BCUT2D eigenvalue weighted by atomic mass is 16.6. The maximum absolute atomic E-state index is 5.82. The van der Waals surface area contributed by atoms with E-state index in [1.54, 1.807) is 0 Å². The Balaban J connectivity index is 1.91. The molecule has 0 amide bonds. The van der Waals surface area contributed by atoms with Gasteiger partial charge in [-0.05, 0) is 25.1 Å². The first-order chi connectivity index (χ1) is 9.40. The monoisotopic (exact) mass is 263 g/mol. The Hall–Kier alpha value is -1.46. The third kappa shape index (κ3) is 2.48. The molecule has 5 nitrogen and oxygen atoms in total. The van der Waals surface area contributed by atoms with Gasteiger partial charge in [-0.15, -0.1) is 0 Å². The van der Waals surface area contributed by atoms with E-state index in [2.05, 4.69) is 16.3 Å². The normalized spacial score (nSPS) is 22.4. The molecule has 1 fully saturated rings. The number of fused-ring (bicyclic) bond motifs is 1. The van der Waals surface area contributed by atoms with Gasteiger partial charge in [-0.3, -0.25) is 0 Å². The SMILES string of the molecule is NCCC1CNCCN1c1cccc2c1OCCO2. The molecule has 19 heavy (non-hydrogen) atoms. The molecule has 0 bridgehead atoms. The van der Waals surface area contributed by atoms with Gasteiger partial charge >= 0.3 is 0 Å². The first-order valence-corrected chi connectivity index (χ1v) is 6.96. The van der Waals surface area contributed by atoms with Crippen molar-refractivity contribution in [3.05, 3.63) is 18.2 Å². The van der Waals surface area contributed by atoms with Crippen LogP contribution in [0.1, 0.15) is 6.42 Å². The number of hydrogen-bond acceptors (Lipinski definition) is 5. The Labute approximate surface area is 113 Å². The first kappa shape index (κ1) is 12.6. The minimum absolute atomic E-state index is 0.427. The molecule has 2 aliphatic rings. The smallest absolute Gasteiger partial charge is 0.184 e. The molecule has 3 rings (SSSR count). The van der Waals surface area contributed by atoms with E-state index < -0.39 is 0 Å². The average molecular weight is 263 g/mol. The molecular weight excluding hydrogens is 242 g/mol. The van der Waals surface area contributed by atoms with Crippen LogP contribution in [-0.4, -0.2) is 45.4 Å².